The van der Waals surface area contributed by atoms with Crippen LogP contribution in [0.15, 0.2) is 0 Å². The number of carbonyl (C=O) groups is 1. The summed E-state index contributed by atoms with van der Waals surface area (Å²) in [7, 11) is 0. The molecule has 3 atom stereocenters. The molecule has 3 N–H and O–H groups in total. The zero-order valence-electron chi connectivity index (χ0n) is 14.3. The van der Waals surface area contributed by atoms with Gasteiger partial charge in [-0.15, -0.1) is 0 Å². The third-order valence-corrected chi connectivity index (χ3v) is 5.39. The molecule has 0 aromatic carbocycles. The summed E-state index contributed by atoms with van der Waals surface area (Å²) >= 11 is 0. The molecule has 1 amide bonds. The summed E-state index contributed by atoms with van der Waals surface area (Å²) in [5.41, 5.74) is 6.13. The van der Waals surface area contributed by atoms with Crippen LogP contribution >= 0.6 is 0 Å². The Morgan fingerprint density at radius 2 is 2.09 bits per heavy atom. The van der Waals surface area contributed by atoms with Gasteiger partial charge in [0.1, 0.15) is 0 Å². The Morgan fingerprint density at radius 3 is 2.68 bits per heavy atom. The quantitative estimate of drug-likeness (QED) is 0.704. The molecule has 1 heterocycles. The Balaban J connectivity index is 1.77. The van der Waals surface area contributed by atoms with Gasteiger partial charge in [0.2, 0.25) is 5.91 Å². The summed E-state index contributed by atoms with van der Waals surface area (Å²) in [5.74, 6) is 0.227. The molecule has 22 heavy (non-hydrogen) atoms. The third kappa shape index (κ3) is 4.00. The molecule has 2 rings (SSSR count). The predicted octanol–water partition coefficient (Wildman–Crippen LogP) is 1.84. The first-order valence-electron chi connectivity index (χ1n) is 8.72. The summed E-state index contributed by atoms with van der Waals surface area (Å²) in [5, 5.41) is 3.14. The fraction of sp³-hybridized carbons (Fsp3) is 0.941. The maximum absolute atomic E-state index is 12.4. The van der Waals surface area contributed by atoms with Crippen molar-refractivity contribution in [2.45, 2.75) is 71.1 Å². The maximum Gasteiger partial charge on any atom is 0.237 e. The fourth-order valence-corrected chi connectivity index (χ4v) is 3.34. The minimum Gasteiger partial charge on any atom is -0.381 e. The Bertz CT molecular complexity index is 367. The number of ether oxygens (including phenoxy) is 2. The van der Waals surface area contributed by atoms with Gasteiger partial charge < -0.3 is 20.5 Å². The molecular formula is C17H32N2O3. The number of nitrogens with one attached hydrogen (secondary N) is 1. The largest absolute Gasteiger partial charge is 0.381 e. The van der Waals surface area contributed by atoms with Crippen LogP contribution in [0, 0.1) is 11.3 Å². The summed E-state index contributed by atoms with van der Waals surface area (Å²) in [4.78, 5) is 12.4. The molecule has 0 aromatic rings. The monoisotopic (exact) mass is 312 g/mol. The van der Waals surface area contributed by atoms with Crippen LogP contribution in [-0.2, 0) is 14.3 Å². The highest BCUT2D eigenvalue weighted by Gasteiger charge is 2.50. The first kappa shape index (κ1) is 17.7. The minimum absolute atomic E-state index is 0.0151. The van der Waals surface area contributed by atoms with E-state index in [-0.39, 0.29) is 29.4 Å². The van der Waals surface area contributed by atoms with Crippen molar-refractivity contribution in [3.8, 4) is 0 Å². The molecule has 2 aliphatic rings. The zero-order valence-corrected chi connectivity index (χ0v) is 14.3. The van der Waals surface area contributed by atoms with E-state index in [9.17, 15) is 4.79 Å². The van der Waals surface area contributed by atoms with Crippen LogP contribution in [0.5, 0.6) is 0 Å². The first-order chi connectivity index (χ1) is 10.5. The molecule has 1 saturated carbocycles. The van der Waals surface area contributed by atoms with Crippen LogP contribution in [0.1, 0.15) is 52.9 Å². The molecule has 0 spiro atoms. The van der Waals surface area contributed by atoms with E-state index in [1.165, 1.54) is 0 Å². The highest BCUT2D eigenvalue weighted by molar-refractivity contribution is 5.82. The fourth-order valence-electron chi connectivity index (χ4n) is 3.34. The molecule has 3 unspecified atom stereocenters. The van der Waals surface area contributed by atoms with Gasteiger partial charge in [-0.2, -0.15) is 0 Å². The normalized spacial score (nSPS) is 29.6. The van der Waals surface area contributed by atoms with Crippen molar-refractivity contribution in [1.82, 2.24) is 5.32 Å². The number of hydrogen-bond donors (Lipinski definition) is 2. The molecule has 2 fully saturated rings. The van der Waals surface area contributed by atoms with E-state index in [1.807, 2.05) is 0 Å². The molecule has 5 heteroatoms. The van der Waals surface area contributed by atoms with Gasteiger partial charge in [-0.05, 0) is 31.6 Å². The SMILES string of the molecule is CCCCOC1CC(NC(=O)C(N)C2CCOCC2)C1(C)C. The molecule has 128 valence electrons. The van der Waals surface area contributed by atoms with Gasteiger partial charge in [0, 0.05) is 31.3 Å². The highest BCUT2D eigenvalue weighted by Crippen LogP contribution is 2.43. The van der Waals surface area contributed by atoms with E-state index < -0.39 is 6.04 Å². The number of hydrogen-bond acceptors (Lipinski definition) is 4. The Labute approximate surface area is 134 Å². The van der Waals surface area contributed by atoms with Gasteiger partial charge in [0.05, 0.1) is 12.1 Å². The van der Waals surface area contributed by atoms with E-state index in [0.717, 1.165) is 38.7 Å². The average molecular weight is 312 g/mol. The average Bonchev–Trinajstić information content (AvgIpc) is 2.53. The van der Waals surface area contributed by atoms with Crippen LogP contribution in [0.25, 0.3) is 0 Å². The van der Waals surface area contributed by atoms with Gasteiger partial charge in [0.15, 0.2) is 0 Å². The second kappa shape index (κ2) is 7.75. The van der Waals surface area contributed by atoms with E-state index in [1.54, 1.807) is 0 Å². The smallest absolute Gasteiger partial charge is 0.237 e. The van der Waals surface area contributed by atoms with Crippen molar-refractivity contribution in [3.05, 3.63) is 0 Å². The van der Waals surface area contributed by atoms with Gasteiger partial charge >= 0.3 is 0 Å². The molecule has 1 aliphatic carbocycles. The minimum atomic E-state index is -0.417. The lowest BCUT2D eigenvalue weighted by Crippen LogP contribution is -2.64. The molecule has 1 aliphatic heterocycles. The summed E-state index contributed by atoms with van der Waals surface area (Å²) in [6.45, 7) is 8.74. The van der Waals surface area contributed by atoms with Crippen molar-refractivity contribution >= 4 is 5.91 Å². The van der Waals surface area contributed by atoms with Crippen molar-refractivity contribution in [2.24, 2.45) is 17.1 Å². The molecule has 5 nitrogen and oxygen atoms in total. The number of carbonyl (C=O) groups excluding carboxylic acids is 1. The lowest BCUT2D eigenvalue weighted by Gasteiger charge is -2.52. The topological polar surface area (TPSA) is 73.6 Å². The van der Waals surface area contributed by atoms with Gasteiger partial charge in [-0.3, -0.25) is 4.79 Å². The van der Waals surface area contributed by atoms with Crippen LogP contribution in [0.4, 0.5) is 0 Å². The van der Waals surface area contributed by atoms with Crippen LogP contribution in [0.3, 0.4) is 0 Å². The van der Waals surface area contributed by atoms with Crippen LogP contribution in [-0.4, -0.2) is 43.9 Å². The number of rotatable bonds is 7. The van der Waals surface area contributed by atoms with Gasteiger partial charge in [0.25, 0.3) is 0 Å². The van der Waals surface area contributed by atoms with Crippen molar-refractivity contribution < 1.29 is 14.3 Å². The number of nitrogens with two attached hydrogens (primary N) is 1. The molecular weight excluding hydrogens is 280 g/mol. The van der Waals surface area contributed by atoms with E-state index in [2.05, 4.69) is 26.1 Å². The lowest BCUT2D eigenvalue weighted by molar-refractivity contribution is -0.140. The Morgan fingerprint density at radius 1 is 1.41 bits per heavy atom. The lowest BCUT2D eigenvalue weighted by atomic mass is 9.64. The van der Waals surface area contributed by atoms with Crippen LogP contribution in [0.2, 0.25) is 0 Å². The van der Waals surface area contributed by atoms with Crippen molar-refractivity contribution in [2.75, 3.05) is 19.8 Å². The van der Waals surface area contributed by atoms with Crippen molar-refractivity contribution in [1.29, 1.82) is 0 Å². The first-order valence-corrected chi connectivity index (χ1v) is 8.72. The van der Waals surface area contributed by atoms with E-state index in [4.69, 9.17) is 15.2 Å². The standard InChI is InChI=1S/C17H32N2O3/c1-4-5-8-22-14-11-13(17(14,2)3)19-16(20)15(18)12-6-9-21-10-7-12/h12-15H,4-11,18H2,1-3H3,(H,19,20). The predicted molar refractivity (Wildman–Crippen MR) is 86.5 cm³/mol. The third-order valence-electron chi connectivity index (χ3n) is 5.39. The van der Waals surface area contributed by atoms with Crippen LogP contribution < -0.4 is 11.1 Å². The molecule has 0 radical (unpaired) electrons. The molecule has 0 aromatic heterocycles. The Kier molecular flexibility index (Phi) is 6.24. The maximum atomic E-state index is 12.4. The van der Waals surface area contributed by atoms with E-state index in [0.29, 0.717) is 13.2 Å². The number of amides is 1. The van der Waals surface area contributed by atoms with Gasteiger partial charge in [-0.25, -0.2) is 0 Å². The second-order valence-electron chi connectivity index (χ2n) is 7.31. The molecule has 0 bridgehead atoms. The summed E-state index contributed by atoms with van der Waals surface area (Å²) in [6.07, 6.45) is 5.13. The summed E-state index contributed by atoms with van der Waals surface area (Å²) in [6, 6.07) is -0.253. The van der Waals surface area contributed by atoms with Gasteiger partial charge in [-0.1, -0.05) is 27.2 Å². The second-order valence-corrected chi connectivity index (χ2v) is 7.31. The Hall–Kier alpha value is -0.650. The zero-order chi connectivity index (χ0) is 16.2. The number of unbranched alkanes of at least 4 members (excludes halogenated alkanes) is 1. The highest BCUT2D eigenvalue weighted by atomic mass is 16.5. The summed E-state index contributed by atoms with van der Waals surface area (Å²) < 4.78 is 11.3. The van der Waals surface area contributed by atoms with Crippen molar-refractivity contribution in [3.63, 3.8) is 0 Å². The van der Waals surface area contributed by atoms with E-state index >= 15 is 0 Å². The molecule has 1 saturated heterocycles.